The topological polar surface area (TPSA) is 71.3 Å². The SMILES string of the molecule is CC(=O)N1C[C@@H](Nc2nnc(C)o2)CC[C@H]1C(F)(F)F. The highest BCUT2D eigenvalue weighted by Gasteiger charge is 2.47. The Morgan fingerprint density at radius 3 is 2.60 bits per heavy atom. The Hall–Kier alpha value is -1.80. The summed E-state index contributed by atoms with van der Waals surface area (Å²) in [6.07, 6.45) is -4.28. The number of carbonyl (C=O) groups excluding carboxylic acids is 1. The van der Waals surface area contributed by atoms with Gasteiger partial charge in [0.2, 0.25) is 11.8 Å². The van der Waals surface area contributed by atoms with E-state index >= 15 is 0 Å². The maximum atomic E-state index is 12.9. The number of nitrogens with zero attached hydrogens (tertiary/aromatic N) is 3. The minimum Gasteiger partial charge on any atom is -0.408 e. The van der Waals surface area contributed by atoms with Crippen LogP contribution in [0.5, 0.6) is 0 Å². The monoisotopic (exact) mass is 292 g/mol. The van der Waals surface area contributed by atoms with Crippen molar-refractivity contribution >= 4 is 11.9 Å². The summed E-state index contributed by atoms with van der Waals surface area (Å²) < 4.78 is 43.7. The predicted octanol–water partition coefficient (Wildman–Crippen LogP) is 1.73. The first-order chi connectivity index (χ1) is 9.27. The van der Waals surface area contributed by atoms with Crippen molar-refractivity contribution in [3.8, 4) is 0 Å². The van der Waals surface area contributed by atoms with Crippen molar-refractivity contribution in [3.05, 3.63) is 5.89 Å². The maximum absolute atomic E-state index is 12.9. The van der Waals surface area contributed by atoms with Gasteiger partial charge >= 0.3 is 12.2 Å². The third-order valence-electron chi connectivity index (χ3n) is 3.22. The third-order valence-corrected chi connectivity index (χ3v) is 3.22. The second-order valence-corrected chi connectivity index (χ2v) is 4.77. The quantitative estimate of drug-likeness (QED) is 0.899. The van der Waals surface area contributed by atoms with Gasteiger partial charge in [-0.3, -0.25) is 4.79 Å². The molecule has 1 aromatic heterocycles. The second-order valence-electron chi connectivity index (χ2n) is 4.77. The summed E-state index contributed by atoms with van der Waals surface area (Å²) in [5.74, 6) is -0.236. The van der Waals surface area contributed by atoms with Gasteiger partial charge < -0.3 is 14.6 Å². The molecule has 0 aliphatic carbocycles. The molecular formula is C11H15F3N4O2. The minimum atomic E-state index is -4.41. The predicted molar refractivity (Wildman–Crippen MR) is 62.9 cm³/mol. The average molecular weight is 292 g/mol. The number of hydrogen-bond donors (Lipinski definition) is 1. The van der Waals surface area contributed by atoms with Crippen molar-refractivity contribution in [3.63, 3.8) is 0 Å². The zero-order valence-corrected chi connectivity index (χ0v) is 11.1. The number of aromatic nitrogens is 2. The normalized spacial score (nSPS) is 23.8. The van der Waals surface area contributed by atoms with E-state index in [0.717, 1.165) is 11.8 Å². The fraction of sp³-hybridized carbons (Fsp3) is 0.727. The van der Waals surface area contributed by atoms with Gasteiger partial charge in [0.1, 0.15) is 6.04 Å². The van der Waals surface area contributed by atoms with Crippen molar-refractivity contribution in [2.24, 2.45) is 0 Å². The van der Waals surface area contributed by atoms with E-state index in [0.29, 0.717) is 5.89 Å². The lowest BCUT2D eigenvalue weighted by Crippen LogP contribution is -2.55. The smallest absolute Gasteiger partial charge is 0.408 e. The maximum Gasteiger partial charge on any atom is 0.408 e. The zero-order valence-electron chi connectivity index (χ0n) is 11.1. The number of amides is 1. The van der Waals surface area contributed by atoms with Gasteiger partial charge in [-0.05, 0) is 12.8 Å². The van der Waals surface area contributed by atoms with Gasteiger partial charge in [-0.2, -0.15) is 13.2 Å². The summed E-state index contributed by atoms with van der Waals surface area (Å²) in [6.45, 7) is 2.71. The molecule has 0 bridgehead atoms. The van der Waals surface area contributed by atoms with Crippen LogP contribution in [0.15, 0.2) is 4.42 Å². The molecule has 1 aliphatic heterocycles. The fourth-order valence-corrected chi connectivity index (χ4v) is 2.31. The number of halogens is 3. The first-order valence-electron chi connectivity index (χ1n) is 6.18. The van der Waals surface area contributed by atoms with Gasteiger partial charge in [0, 0.05) is 26.4 Å². The van der Waals surface area contributed by atoms with Gasteiger partial charge in [-0.25, -0.2) is 0 Å². The molecule has 0 aromatic carbocycles. The minimum absolute atomic E-state index is 0.0407. The van der Waals surface area contributed by atoms with Crippen LogP contribution in [0.3, 0.4) is 0 Å². The molecule has 0 saturated carbocycles. The summed E-state index contributed by atoms with van der Waals surface area (Å²) in [5.41, 5.74) is 0. The molecule has 0 spiro atoms. The fourth-order valence-electron chi connectivity index (χ4n) is 2.31. The first-order valence-corrected chi connectivity index (χ1v) is 6.18. The van der Waals surface area contributed by atoms with Crippen molar-refractivity contribution in [2.75, 3.05) is 11.9 Å². The lowest BCUT2D eigenvalue weighted by Gasteiger charge is -2.39. The highest BCUT2D eigenvalue weighted by Crippen LogP contribution is 2.32. The Labute approximate surface area is 113 Å². The number of likely N-dealkylation sites (tertiary alicyclic amines) is 1. The highest BCUT2D eigenvalue weighted by atomic mass is 19.4. The number of alkyl halides is 3. The Morgan fingerprint density at radius 2 is 2.10 bits per heavy atom. The van der Waals surface area contributed by atoms with Crippen LogP contribution in [-0.4, -0.2) is 45.8 Å². The van der Waals surface area contributed by atoms with Gasteiger partial charge in [0.15, 0.2) is 0 Å². The summed E-state index contributed by atoms with van der Waals surface area (Å²) in [6, 6.07) is -1.90. The lowest BCUT2D eigenvalue weighted by atomic mass is 9.97. The summed E-state index contributed by atoms with van der Waals surface area (Å²) in [7, 11) is 0. The van der Waals surface area contributed by atoms with E-state index in [1.54, 1.807) is 6.92 Å². The number of carbonyl (C=O) groups is 1. The molecule has 2 atom stereocenters. The number of hydrogen-bond acceptors (Lipinski definition) is 5. The van der Waals surface area contributed by atoms with Crippen molar-refractivity contribution in [2.45, 2.75) is 44.9 Å². The Bertz CT molecular complexity index is 488. The Balaban J connectivity index is 2.05. The first kappa shape index (κ1) is 14.6. The highest BCUT2D eigenvalue weighted by molar-refractivity contribution is 5.74. The molecule has 112 valence electrons. The van der Waals surface area contributed by atoms with E-state index in [1.807, 2.05) is 0 Å². The van der Waals surface area contributed by atoms with Crippen LogP contribution < -0.4 is 5.32 Å². The van der Waals surface area contributed by atoms with E-state index in [4.69, 9.17) is 4.42 Å². The second kappa shape index (κ2) is 5.29. The van der Waals surface area contributed by atoms with Crippen molar-refractivity contribution < 1.29 is 22.4 Å². The summed E-state index contributed by atoms with van der Waals surface area (Å²) >= 11 is 0. The largest absolute Gasteiger partial charge is 0.408 e. The van der Waals surface area contributed by atoms with Crippen LogP contribution in [0.4, 0.5) is 19.2 Å². The van der Waals surface area contributed by atoms with E-state index in [2.05, 4.69) is 15.5 Å². The Kier molecular flexibility index (Phi) is 3.87. The zero-order chi connectivity index (χ0) is 14.9. The molecule has 1 amide bonds. The average Bonchev–Trinajstić information content (AvgIpc) is 2.73. The molecular weight excluding hydrogens is 277 g/mol. The van der Waals surface area contributed by atoms with Crippen LogP contribution in [0.1, 0.15) is 25.7 Å². The molecule has 6 nitrogen and oxygen atoms in total. The van der Waals surface area contributed by atoms with Crippen molar-refractivity contribution in [1.29, 1.82) is 0 Å². The van der Waals surface area contributed by atoms with Crippen molar-refractivity contribution in [1.82, 2.24) is 15.1 Å². The molecule has 1 saturated heterocycles. The van der Waals surface area contributed by atoms with E-state index in [-0.39, 0.29) is 31.4 Å². The number of piperidine rings is 1. The number of aryl methyl sites for hydroxylation is 1. The summed E-state index contributed by atoms with van der Waals surface area (Å²) in [5, 5.41) is 10.2. The summed E-state index contributed by atoms with van der Waals surface area (Å²) in [4.78, 5) is 12.2. The lowest BCUT2D eigenvalue weighted by molar-refractivity contribution is -0.195. The molecule has 0 unspecified atom stereocenters. The molecule has 9 heteroatoms. The van der Waals surface area contributed by atoms with Crippen LogP contribution in [0.25, 0.3) is 0 Å². The molecule has 2 heterocycles. The van der Waals surface area contributed by atoms with Crippen LogP contribution >= 0.6 is 0 Å². The van der Waals surface area contributed by atoms with Crippen LogP contribution in [0, 0.1) is 6.92 Å². The number of anilines is 1. The van der Waals surface area contributed by atoms with Gasteiger partial charge in [-0.15, -0.1) is 5.10 Å². The van der Waals surface area contributed by atoms with Gasteiger partial charge in [0.25, 0.3) is 0 Å². The van der Waals surface area contributed by atoms with E-state index in [1.165, 1.54) is 0 Å². The number of rotatable bonds is 2. The Morgan fingerprint density at radius 1 is 1.40 bits per heavy atom. The standard InChI is InChI=1S/C11H15F3N4O2/c1-6-16-17-10(20-6)15-8-3-4-9(11(12,13)14)18(5-8)7(2)19/h8-9H,3-5H2,1-2H3,(H,15,17)/t8-,9-/m0/s1. The molecule has 2 rings (SSSR count). The molecule has 1 aromatic rings. The van der Waals surface area contributed by atoms with Gasteiger partial charge in [-0.1, -0.05) is 5.10 Å². The molecule has 20 heavy (non-hydrogen) atoms. The van der Waals surface area contributed by atoms with Crippen LogP contribution in [-0.2, 0) is 4.79 Å². The number of nitrogens with one attached hydrogen (secondary N) is 1. The third kappa shape index (κ3) is 3.20. The van der Waals surface area contributed by atoms with E-state index < -0.39 is 18.1 Å². The molecule has 1 N–H and O–H groups in total. The van der Waals surface area contributed by atoms with E-state index in [9.17, 15) is 18.0 Å². The van der Waals surface area contributed by atoms with Crippen LogP contribution in [0.2, 0.25) is 0 Å². The molecule has 1 fully saturated rings. The molecule has 1 aliphatic rings. The molecule has 0 radical (unpaired) electrons. The van der Waals surface area contributed by atoms with Gasteiger partial charge in [0.05, 0.1) is 0 Å².